The van der Waals surface area contributed by atoms with Gasteiger partial charge in [0.05, 0.1) is 12.6 Å². The number of imidazole rings is 1. The minimum atomic E-state index is 0.316. The van der Waals surface area contributed by atoms with Crippen molar-refractivity contribution in [3.63, 3.8) is 0 Å². The summed E-state index contributed by atoms with van der Waals surface area (Å²) in [6, 6.07) is 4.25. The van der Waals surface area contributed by atoms with Crippen molar-refractivity contribution in [2.75, 3.05) is 6.54 Å². The Kier molecular flexibility index (Phi) is 4.43. The molecule has 2 aromatic heterocycles. The molecular formula is C15H23N3O. The van der Waals surface area contributed by atoms with Crippen LogP contribution >= 0.6 is 0 Å². The zero-order valence-electron chi connectivity index (χ0n) is 11.9. The third kappa shape index (κ3) is 3.07. The molecule has 4 heteroatoms. The van der Waals surface area contributed by atoms with Gasteiger partial charge >= 0.3 is 0 Å². The van der Waals surface area contributed by atoms with Crippen molar-refractivity contribution >= 4 is 0 Å². The van der Waals surface area contributed by atoms with Crippen LogP contribution in [0.15, 0.2) is 35.3 Å². The maximum atomic E-state index is 5.91. The SMILES string of the molecule is CC(C)C(CN)c1cncn1C(C)Cc1ccco1. The monoisotopic (exact) mass is 261 g/mol. The smallest absolute Gasteiger partial charge is 0.105 e. The van der Waals surface area contributed by atoms with Crippen LogP contribution in [0, 0.1) is 5.92 Å². The van der Waals surface area contributed by atoms with E-state index in [4.69, 9.17) is 10.2 Å². The van der Waals surface area contributed by atoms with E-state index in [-0.39, 0.29) is 0 Å². The summed E-state index contributed by atoms with van der Waals surface area (Å²) < 4.78 is 7.64. The molecule has 2 heterocycles. The highest BCUT2D eigenvalue weighted by atomic mass is 16.3. The second-order valence-electron chi connectivity index (χ2n) is 5.44. The quantitative estimate of drug-likeness (QED) is 0.869. The number of hydrogen-bond donors (Lipinski definition) is 1. The number of furan rings is 1. The first-order valence-corrected chi connectivity index (χ1v) is 6.87. The van der Waals surface area contributed by atoms with Crippen molar-refractivity contribution in [3.8, 4) is 0 Å². The van der Waals surface area contributed by atoms with E-state index in [9.17, 15) is 0 Å². The molecule has 0 spiro atoms. The van der Waals surface area contributed by atoms with Gasteiger partial charge < -0.3 is 14.7 Å². The molecule has 2 N–H and O–H groups in total. The van der Waals surface area contributed by atoms with E-state index in [2.05, 4.69) is 30.3 Å². The summed E-state index contributed by atoms with van der Waals surface area (Å²) in [6.07, 6.45) is 6.42. The van der Waals surface area contributed by atoms with Gasteiger partial charge in [-0.3, -0.25) is 0 Å². The molecule has 0 radical (unpaired) electrons. The molecular weight excluding hydrogens is 238 g/mol. The van der Waals surface area contributed by atoms with Crippen molar-refractivity contribution in [2.24, 2.45) is 11.7 Å². The summed E-state index contributed by atoms with van der Waals surface area (Å²) in [5.41, 5.74) is 7.13. The molecule has 0 saturated heterocycles. The van der Waals surface area contributed by atoms with Crippen LogP contribution in [0.25, 0.3) is 0 Å². The Morgan fingerprint density at radius 3 is 2.74 bits per heavy atom. The van der Waals surface area contributed by atoms with Crippen LogP contribution in [-0.2, 0) is 6.42 Å². The molecule has 2 unspecified atom stereocenters. The maximum Gasteiger partial charge on any atom is 0.105 e. The normalized spacial score (nSPS) is 14.8. The number of hydrogen-bond acceptors (Lipinski definition) is 3. The fourth-order valence-corrected chi connectivity index (χ4v) is 2.52. The topological polar surface area (TPSA) is 57.0 Å². The van der Waals surface area contributed by atoms with Gasteiger partial charge in [0.25, 0.3) is 0 Å². The molecule has 2 aromatic rings. The fraction of sp³-hybridized carbons (Fsp3) is 0.533. The van der Waals surface area contributed by atoms with Gasteiger partial charge in [-0.1, -0.05) is 13.8 Å². The molecule has 2 rings (SSSR count). The molecule has 4 nitrogen and oxygen atoms in total. The summed E-state index contributed by atoms with van der Waals surface area (Å²) in [5, 5.41) is 0. The fourth-order valence-electron chi connectivity index (χ4n) is 2.52. The van der Waals surface area contributed by atoms with Gasteiger partial charge in [0, 0.05) is 36.8 Å². The molecule has 0 aromatic carbocycles. The Labute approximate surface area is 114 Å². The van der Waals surface area contributed by atoms with E-state index < -0.39 is 0 Å². The second-order valence-corrected chi connectivity index (χ2v) is 5.44. The lowest BCUT2D eigenvalue weighted by molar-refractivity contribution is 0.415. The summed E-state index contributed by atoms with van der Waals surface area (Å²) >= 11 is 0. The standard InChI is InChI=1S/C15H23N3O/c1-11(2)14(8-16)15-9-17-10-18(15)12(3)7-13-5-4-6-19-13/h4-6,9-12,14H,7-8,16H2,1-3H3. The number of nitrogens with two attached hydrogens (primary N) is 1. The van der Waals surface area contributed by atoms with E-state index in [0.29, 0.717) is 24.4 Å². The van der Waals surface area contributed by atoms with Gasteiger partial charge in [0.15, 0.2) is 0 Å². The Morgan fingerprint density at radius 2 is 2.16 bits per heavy atom. The average molecular weight is 261 g/mol. The maximum absolute atomic E-state index is 5.91. The molecule has 0 bridgehead atoms. The first-order chi connectivity index (χ1) is 9.13. The molecule has 2 atom stereocenters. The molecule has 0 saturated carbocycles. The van der Waals surface area contributed by atoms with Gasteiger partial charge in [-0.25, -0.2) is 4.98 Å². The van der Waals surface area contributed by atoms with E-state index in [1.54, 1.807) is 6.26 Å². The molecule has 0 aliphatic rings. The zero-order chi connectivity index (χ0) is 13.8. The summed E-state index contributed by atoms with van der Waals surface area (Å²) in [6.45, 7) is 7.23. The van der Waals surface area contributed by atoms with Crippen molar-refractivity contribution in [2.45, 2.75) is 39.2 Å². The lowest BCUT2D eigenvalue weighted by atomic mass is 9.92. The predicted octanol–water partition coefficient (Wildman–Crippen LogP) is 2.98. The molecule has 0 aliphatic carbocycles. The highest BCUT2D eigenvalue weighted by molar-refractivity contribution is 5.10. The number of aromatic nitrogens is 2. The van der Waals surface area contributed by atoms with E-state index in [0.717, 1.165) is 12.2 Å². The summed E-state index contributed by atoms with van der Waals surface area (Å²) in [5.74, 6) is 1.86. The lowest BCUT2D eigenvalue weighted by Crippen LogP contribution is -2.22. The lowest BCUT2D eigenvalue weighted by Gasteiger charge is -2.23. The Morgan fingerprint density at radius 1 is 1.37 bits per heavy atom. The Bertz CT molecular complexity index is 487. The molecule has 19 heavy (non-hydrogen) atoms. The predicted molar refractivity (Wildman–Crippen MR) is 76.0 cm³/mol. The van der Waals surface area contributed by atoms with Crippen molar-refractivity contribution in [3.05, 3.63) is 42.4 Å². The third-order valence-corrected chi connectivity index (χ3v) is 3.69. The van der Waals surface area contributed by atoms with Gasteiger partial charge in [-0.05, 0) is 25.0 Å². The van der Waals surface area contributed by atoms with E-state index in [1.165, 1.54) is 5.69 Å². The summed E-state index contributed by atoms with van der Waals surface area (Å²) in [4.78, 5) is 4.30. The van der Waals surface area contributed by atoms with Crippen LogP contribution in [0.2, 0.25) is 0 Å². The third-order valence-electron chi connectivity index (χ3n) is 3.69. The van der Waals surface area contributed by atoms with Gasteiger partial charge in [-0.2, -0.15) is 0 Å². The highest BCUT2D eigenvalue weighted by Gasteiger charge is 2.20. The zero-order valence-corrected chi connectivity index (χ0v) is 11.9. The van der Waals surface area contributed by atoms with E-state index >= 15 is 0 Å². The van der Waals surface area contributed by atoms with Crippen LogP contribution in [0.1, 0.15) is 44.2 Å². The van der Waals surface area contributed by atoms with Gasteiger partial charge in [0.2, 0.25) is 0 Å². The number of rotatable bonds is 6. The molecule has 0 aliphatic heterocycles. The first kappa shape index (κ1) is 13.9. The number of nitrogens with zero attached hydrogens (tertiary/aromatic N) is 2. The Hall–Kier alpha value is -1.55. The van der Waals surface area contributed by atoms with Gasteiger partial charge in [-0.15, -0.1) is 0 Å². The van der Waals surface area contributed by atoms with Crippen LogP contribution in [0.5, 0.6) is 0 Å². The average Bonchev–Trinajstić information content (AvgIpc) is 3.00. The van der Waals surface area contributed by atoms with Crippen molar-refractivity contribution in [1.82, 2.24) is 9.55 Å². The molecule has 0 fully saturated rings. The molecule has 104 valence electrons. The first-order valence-electron chi connectivity index (χ1n) is 6.87. The highest BCUT2D eigenvalue weighted by Crippen LogP contribution is 2.26. The summed E-state index contributed by atoms with van der Waals surface area (Å²) in [7, 11) is 0. The van der Waals surface area contributed by atoms with Crippen LogP contribution in [0.4, 0.5) is 0 Å². The van der Waals surface area contributed by atoms with E-state index in [1.807, 2.05) is 24.7 Å². The van der Waals surface area contributed by atoms with Gasteiger partial charge in [0.1, 0.15) is 5.76 Å². The minimum Gasteiger partial charge on any atom is -0.469 e. The van der Waals surface area contributed by atoms with Crippen molar-refractivity contribution < 1.29 is 4.42 Å². The largest absolute Gasteiger partial charge is 0.469 e. The van der Waals surface area contributed by atoms with Crippen LogP contribution < -0.4 is 5.73 Å². The van der Waals surface area contributed by atoms with Crippen molar-refractivity contribution in [1.29, 1.82) is 0 Å². The Balaban J connectivity index is 2.18. The van der Waals surface area contributed by atoms with Crippen LogP contribution in [0.3, 0.4) is 0 Å². The van der Waals surface area contributed by atoms with Crippen LogP contribution in [-0.4, -0.2) is 16.1 Å². The second kappa shape index (κ2) is 6.06. The molecule has 0 amide bonds. The minimum absolute atomic E-state index is 0.316.